The van der Waals surface area contributed by atoms with Gasteiger partial charge in [-0.1, -0.05) is 31.1 Å². The number of nitrogens with two attached hydrogens (primary N) is 1. The fourth-order valence-electron chi connectivity index (χ4n) is 1.55. The molecule has 5 nitrogen and oxygen atoms in total. The molecule has 2 N–H and O–H groups in total. The first kappa shape index (κ1) is 12.4. The smallest absolute Gasteiger partial charge is 0.264 e. The first-order chi connectivity index (χ1) is 8.65. The molecule has 0 radical (unpaired) electrons. The first-order valence-electron chi connectivity index (χ1n) is 5.94. The number of hydrogen-bond acceptors (Lipinski definition) is 5. The Morgan fingerprint density at radius 1 is 1.33 bits per heavy atom. The van der Waals surface area contributed by atoms with Gasteiger partial charge in [-0.05, 0) is 18.1 Å². The van der Waals surface area contributed by atoms with E-state index in [-0.39, 0.29) is 6.61 Å². The minimum atomic E-state index is 0.235. The molecule has 0 atom stereocenters. The second kappa shape index (κ2) is 5.53. The Balaban J connectivity index is 1.94. The van der Waals surface area contributed by atoms with E-state index in [4.69, 9.17) is 15.0 Å². The van der Waals surface area contributed by atoms with Crippen LogP contribution in [0.2, 0.25) is 0 Å². The van der Waals surface area contributed by atoms with Crippen LogP contribution in [0.3, 0.4) is 0 Å². The zero-order valence-electron chi connectivity index (χ0n) is 10.6. The fourth-order valence-corrected chi connectivity index (χ4v) is 1.55. The lowest BCUT2D eigenvalue weighted by molar-refractivity contribution is 0.243. The molecule has 1 heterocycles. The van der Waals surface area contributed by atoms with Crippen LogP contribution in [-0.4, -0.2) is 10.1 Å². The second-order valence-electron chi connectivity index (χ2n) is 4.53. The maximum atomic E-state index is 5.76. The van der Waals surface area contributed by atoms with Crippen molar-refractivity contribution >= 4 is 5.69 Å². The minimum absolute atomic E-state index is 0.235. The van der Waals surface area contributed by atoms with Crippen molar-refractivity contribution in [3.63, 3.8) is 0 Å². The van der Waals surface area contributed by atoms with Crippen LogP contribution in [0.15, 0.2) is 28.8 Å². The topological polar surface area (TPSA) is 74.2 Å². The molecule has 0 bridgehead atoms. The highest BCUT2D eigenvalue weighted by Crippen LogP contribution is 2.20. The Morgan fingerprint density at radius 3 is 2.83 bits per heavy atom. The Bertz CT molecular complexity index is 508. The van der Waals surface area contributed by atoms with Crippen molar-refractivity contribution in [3.8, 4) is 5.75 Å². The van der Waals surface area contributed by atoms with Crippen LogP contribution in [-0.2, 0) is 13.0 Å². The summed E-state index contributed by atoms with van der Waals surface area (Å²) in [5.41, 5.74) is 6.36. The third-order valence-corrected chi connectivity index (χ3v) is 2.37. The summed E-state index contributed by atoms with van der Waals surface area (Å²) in [5, 5.41) is 3.89. The van der Waals surface area contributed by atoms with Crippen molar-refractivity contribution in [2.24, 2.45) is 5.92 Å². The highest BCUT2D eigenvalue weighted by atomic mass is 16.5. The van der Waals surface area contributed by atoms with E-state index >= 15 is 0 Å². The van der Waals surface area contributed by atoms with Crippen LogP contribution in [0.1, 0.15) is 25.6 Å². The van der Waals surface area contributed by atoms with Gasteiger partial charge in [0, 0.05) is 6.42 Å². The lowest BCUT2D eigenvalue weighted by atomic mass is 10.1. The van der Waals surface area contributed by atoms with E-state index in [1.807, 2.05) is 12.1 Å². The van der Waals surface area contributed by atoms with Gasteiger partial charge in [-0.2, -0.15) is 4.98 Å². The van der Waals surface area contributed by atoms with Gasteiger partial charge in [0.05, 0.1) is 5.69 Å². The number of benzene rings is 1. The number of aromatic nitrogens is 2. The number of anilines is 1. The summed E-state index contributed by atoms with van der Waals surface area (Å²) >= 11 is 0. The van der Waals surface area contributed by atoms with Crippen molar-refractivity contribution in [3.05, 3.63) is 36.0 Å². The van der Waals surface area contributed by atoms with Crippen molar-refractivity contribution < 1.29 is 9.26 Å². The van der Waals surface area contributed by atoms with Gasteiger partial charge < -0.3 is 15.0 Å². The van der Waals surface area contributed by atoms with E-state index in [0.29, 0.717) is 29.1 Å². The van der Waals surface area contributed by atoms with Crippen molar-refractivity contribution in [1.82, 2.24) is 10.1 Å². The lowest BCUT2D eigenvalue weighted by Crippen LogP contribution is -2.00. The van der Waals surface area contributed by atoms with Crippen LogP contribution in [0, 0.1) is 5.92 Å². The standard InChI is InChI=1S/C13H17N3O2/c1-9(2)7-12-15-13(18-16-12)8-17-11-6-4-3-5-10(11)14/h3-6,9H,7-8,14H2,1-2H3. The fraction of sp³-hybridized carbons (Fsp3) is 0.385. The average molecular weight is 247 g/mol. The predicted octanol–water partition coefficient (Wildman–Crippen LogP) is 2.43. The molecule has 18 heavy (non-hydrogen) atoms. The summed E-state index contributed by atoms with van der Waals surface area (Å²) < 4.78 is 10.6. The normalized spacial score (nSPS) is 10.8. The van der Waals surface area contributed by atoms with Crippen LogP contribution >= 0.6 is 0 Å². The van der Waals surface area contributed by atoms with Crippen LogP contribution in [0.25, 0.3) is 0 Å². The van der Waals surface area contributed by atoms with Crippen LogP contribution in [0.5, 0.6) is 5.75 Å². The molecule has 96 valence electrons. The molecule has 0 aliphatic heterocycles. The average Bonchev–Trinajstić information content (AvgIpc) is 2.75. The highest BCUT2D eigenvalue weighted by Gasteiger charge is 2.09. The molecule has 2 rings (SSSR count). The number of nitrogens with zero attached hydrogens (tertiary/aromatic N) is 2. The van der Waals surface area contributed by atoms with Crippen molar-refractivity contribution in [2.45, 2.75) is 26.9 Å². The molecular formula is C13H17N3O2. The maximum Gasteiger partial charge on any atom is 0.264 e. The lowest BCUT2D eigenvalue weighted by Gasteiger charge is -2.05. The summed E-state index contributed by atoms with van der Waals surface area (Å²) in [5.74, 6) is 2.31. The Labute approximate surface area is 106 Å². The van der Waals surface area contributed by atoms with Gasteiger partial charge in [-0.3, -0.25) is 0 Å². The number of ether oxygens (including phenoxy) is 1. The molecule has 0 unspecified atom stereocenters. The van der Waals surface area contributed by atoms with Crippen molar-refractivity contribution in [1.29, 1.82) is 0 Å². The molecule has 1 aromatic heterocycles. The monoisotopic (exact) mass is 247 g/mol. The van der Waals surface area contributed by atoms with E-state index in [1.54, 1.807) is 12.1 Å². The predicted molar refractivity (Wildman–Crippen MR) is 68.0 cm³/mol. The molecule has 0 aliphatic carbocycles. The van der Waals surface area contributed by atoms with Crippen LogP contribution in [0.4, 0.5) is 5.69 Å². The van der Waals surface area contributed by atoms with Gasteiger partial charge in [-0.25, -0.2) is 0 Å². The number of nitrogen functional groups attached to an aromatic ring is 1. The largest absolute Gasteiger partial charge is 0.482 e. The van der Waals surface area contributed by atoms with Gasteiger partial charge >= 0.3 is 0 Å². The van der Waals surface area contributed by atoms with Gasteiger partial charge in [0.15, 0.2) is 12.4 Å². The number of para-hydroxylation sites is 2. The Kier molecular flexibility index (Phi) is 3.82. The summed E-state index contributed by atoms with van der Waals surface area (Å²) in [6.07, 6.45) is 0.803. The molecule has 0 spiro atoms. The van der Waals surface area contributed by atoms with E-state index in [9.17, 15) is 0 Å². The van der Waals surface area contributed by atoms with E-state index < -0.39 is 0 Å². The Hall–Kier alpha value is -2.04. The Morgan fingerprint density at radius 2 is 2.11 bits per heavy atom. The SMILES string of the molecule is CC(C)Cc1noc(COc2ccccc2N)n1. The molecule has 0 saturated heterocycles. The van der Waals surface area contributed by atoms with E-state index in [2.05, 4.69) is 24.0 Å². The van der Waals surface area contributed by atoms with E-state index in [1.165, 1.54) is 0 Å². The maximum absolute atomic E-state index is 5.76. The zero-order valence-corrected chi connectivity index (χ0v) is 10.6. The summed E-state index contributed by atoms with van der Waals surface area (Å²) in [4.78, 5) is 4.25. The molecule has 0 aliphatic rings. The quantitative estimate of drug-likeness (QED) is 0.821. The van der Waals surface area contributed by atoms with Crippen molar-refractivity contribution in [2.75, 3.05) is 5.73 Å². The molecule has 0 fully saturated rings. The summed E-state index contributed by atoms with van der Waals surface area (Å²) in [6.45, 7) is 4.45. The first-order valence-corrected chi connectivity index (χ1v) is 5.94. The number of hydrogen-bond donors (Lipinski definition) is 1. The second-order valence-corrected chi connectivity index (χ2v) is 4.53. The summed E-state index contributed by atoms with van der Waals surface area (Å²) in [6, 6.07) is 7.31. The van der Waals surface area contributed by atoms with Crippen LogP contribution < -0.4 is 10.5 Å². The molecule has 1 aromatic carbocycles. The minimum Gasteiger partial charge on any atom is -0.482 e. The highest BCUT2D eigenvalue weighted by molar-refractivity contribution is 5.51. The van der Waals surface area contributed by atoms with Gasteiger partial charge in [0.25, 0.3) is 5.89 Å². The number of rotatable bonds is 5. The molecule has 5 heteroatoms. The van der Waals surface area contributed by atoms with Gasteiger partial charge in [0.1, 0.15) is 5.75 Å². The van der Waals surface area contributed by atoms with Gasteiger partial charge in [-0.15, -0.1) is 0 Å². The summed E-state index contributed by atoms with van der Waals surface area (Å²) in [7, 11) is 0. The zero-order chi connectivity index (χ0) is 13.0. The molecule has 0 saturated carbocycles. The van der Waals surface area contributed by atoms with Gasteiger partial charge in [0.2, 0.25) is 0 Å². The van der Waals surface area contributed by atoms with E-state index in [0.717, 1.165) is 6.42 Å². The molecule has 0 amide bonds. The molecule has 2 aromatic rings. The molecular weight excluding hydrogens is 230 g/mol. The third-order valence-electron chi connectivity index (χ3n) is 2.37. The third kappa shape index (κ3) is 3.23.